The lowest BCUT2D eigenvalue weighted by atomic mass is 9.95. The van der Waals surface area contributed by atoms with Crippen LogP contribution in [0.3, 0.4) is 0 Å². The molecule has 1 amide bonds. The quantitative estimate of drug-likeness (QED) is 0.801. The number of carbonyl (C=O) groups excluding carboxylic acids is 1. The highest BCUT2D eigenvalue weighted by Gasteiger charge is 2.41. The van der Waals surface area contributed by atoms with E-state index < -0.39 is 6.10 Å². The van der Waals surface area contributed by atoms with Gasteiger partial charge in [-0.1, -0.05) is 30.3 Å². The van der Waals surface area contributed by atoms with E-state index in [2.05, 4.69) is 10.2 Å². The van der Waals surface area contributed by atoms with Crippen molar-refractivity contribution in [2.45, 2.75) is 31.6 Å². The maximum Gasteiger partial charge on any atom is 0.248 e. The molecule has 2 fully saturated rings. The summed E-state index contributed by atoms with van der Waals surface area (Å²) in [4.78, 5) is 15.0. The first-order valence-electron chi connectivity index (χ1n) is 9.03. The second-order valence-corrected chi connectivity index (χ2v) is 7.89. The molecule has 1 N–H and O–H groups in total. The van der Waals surface area contributed by atoms with Crippen molar-refractivity contribution in [3.05, 3.63) is 35.9 Å². The zero-order valence-corrected chi connectivity index (χ0v) is 15.7. The van der Waals surface area contributed by atoms with Crippen molar-refractivity contribution in [3.63, 3.8) is 0 Å². The van der Waals surface area contributed by atoms with Gasteiger partial charge in [-0.2, -0.15) is 11.8 Å². The molecule has 6 heteroatoms. The Balaban J connectivity index is 1.49. The molecule has 1 aromatic rings. The number of thioether (sulfide) groups is 1. The van der Waals surface area contributed by atoms with Gasteiger partial charge in [0.2, 0.25) is 5.91 Å². The van der Waals surface area contributed by atoms with Crippen molar-refractivity contribution in [1.29, 1.82) is 0 Å². The number of hydrogen-bond acceptors (Lipinski definition) is 5. The van der Waals surface area contributed by atoms with Crippen LogP contribution in [0.5, 0.6) is 0 Å². The summed E-state index contributed by atoms with van der Waals surface area (Å²) in [6, 6.07) is 9.95. The second-order valence-electron chi connectivity index (χ2n) is 6.78. The number of benzene rings is 1. The molecule has 0 radical (unpaired) electrons. The Labute approximate surface area is 154 Å². The average molecular weight is 365 g/mol. The van der Waals surface area contributed by atoms with Crippen LogP contribution in [0.2, 0.25) is 0 Å². The molecule has 25 heavy (non-hydrogen) atoms. The Hall–Kier alpha value is -1.08. The van der Waals surface area contributed by atoms with Gasteiger partial charge in [0.25, 0.3) is 0 Å². The third-order valence-corrected chi connectivity index (χ3v) is 6.30. The number of rotatable bonds is 7. The van der Waals surface area contributed by atoms with Crippen molar-refractivity contribution in [2.24, 2.45) is 0 Å². The molecule has 2 aliphatic rings. The molecule has 0 spiro atoms. The van der Waals surface area contributed by atoms with Crippen molar-refractivity contribution in [2.75, 3.05) is 44.4 Å². The lowest BCUT2D eigenvalue weighted by molar-refractivity contribution is -0.133. The van der Waals surface area contributed by atoms with Crippen LogP contribution < -0.4 is 5.32 Å². The summed E-state index contributed by atoms with van der Waals surface area (Å²) in [6.45, 7) is 6.46. The Morgan fingerprint density at radius 1 is 1.36 bits per heavy atom. The van der Waals surface area contributed by atoms with Crippen molar-refractivity contribution < 1.29 is 14.3 Å². The normalized spacial score (nSPS) is 25.6. The molecule has 3 rings (SSSR count). The van der Waals surface area contributed by atoms with E-state index in [9.17, 15) is 4.79 Å². The summed E-state index contributed by atoms with van der Waals surface area (Å²) in [6.07, 6.45) is 0.674. The molecule has 0 unspecified atom stereocenters. The summed E-state index contributed by atoms with van der Waals surface area (Å²) >= 11 is 1.98. The third-order valence-electron chi connectivity index (χ3n) is 5.07. The predicted molar refractivity (Wildman–Crippen MR) is 101 cm³/mol. The van der Waals surface area contributed by atoms with Crippen LogP contribution in [0.4, 0.5) is 0 Å². The largest absolute Gasteiger partial charge is 0.379 e. The van der Waals surface area contributed by atoms with Gasteiger partial charge < -0.3 is 14.8 Å². The van der Waals surface area contributed by atoms with E-state index in [0.29, 0.717) is 13.2 Å². The average Bonchev–Trinajstić information content (AvgIpc) is 3.16. The van der Waals surface area contributed by atoms with Crippen molar-refractivity contribution in [1.82, 2.24) is 10.2 Å². The maximum atomic E-state index is 12.5. The van der Waals surface area contributed by atoms with E-state index >= 15 is 0 Å². The summed E-state index contributed by atoms with van der Waals surface area (Å²) in [5.41, 5.74) is 1.16. The molecular weight excluding hydrogens is 336 g/mol. The van der Waals surface area contributed by atoms with E-state index in [-0.39, 0.29) is 11.4 Å². The summed E-state index contributed by atoms with van der Waals surface area (Å²) in [7, 11) is 0. The van der Waals surface area contributed by atoms with Gasteiger partial charge in [0.15, 0.2) is 0 Å². The minimum atomic E-state index is -0.448. The number of carbonyl (C=O) groups is 1. The zero-order valence-electron chi connectivity index (χ0n) is 14.9. The van der Waals surface area contributed by atoms with E-state index in [4.69, 9.17) is 9.47 Å². The molecule has 138 valence electrons. The Morgan fingerprint density at radius 2 is 2.12 bits per heavy atom. The minimum Gasteiger partial charge on any atom is -0.379 e. The molecule has 2 atom stereocenters. The predicted octanol–water partition coefficient (Wildman–Crippen LogP) is 1.92. The van der Waals surface area contributed by atoms with Gasteiger partial charge in [-0.25, -0.2) is 0 Å². The molecule has 2 aliphatic heterocycles. The number of ether oxygens (including phenoxy) is 2. The van der Waals surface area contributed by atoms with Crippen LogP contribution in [0.15, 0.2) is 30.3 Å². The number of nitrogens with one attached hydrogen (secondary N) is 1. The Kier molecular flexibility index (Phi) is 6.76. The first-order valence-corrected chi connectivity index (χ1v) is 10.2. The Morgan fingerprint density at radius 3 is 2.80 bits per heavy atom. The highest BCUT2D eigenvalue weighted by Crippen LogP contribution is 2.33. The number of morpholine rings is 1. The summed E-state index contributed by atoms with van der Waals surface area (Å²) in [5.74, 6) is 2.21. The van der Waals surface area contributed by atoms with Gasteiger partial charge in [0.1, 0.15) is 6.10 Å². The van der Waals surface area contributed by atoms with Crippen LogP contribution in [-0.2, 0) is 20.9 Å². The lowest BCUT2D eigenvalue weighted by Crippen LogP contribution is -2.59. The zero-order chi connectivity index (χ0) is 17.5. The molecule has 0 bridgehead atoms. The second kappa shape index (κ2) is 9.03. The summed E-state index contributed by atoms with van der Waals surface area (Å²) < 4.78 is 11.2. The fourth-order valence-electron chi connectivity index (χ4n) is 3.40. The molecule has 5 nitrogen and oxygen atoms in total. The minimum absolute atomic E-state index is 0.0273. The standard InChI is InChI=1S/C19H28N2O3S/c1-16(24-13-17-5-3-2-4-6-17)18(22)20-14-19(7-12-25-15-19)21-8-10-23-11-9-21/h2-6,16H,7-15H2,1H3,(H,20,22)/t16-,19-/m1/s1. The van der Waals surface area contributed by atoms with Crippen LogP contribution in [0, 0.1) is 0 Å². The molecule has 2 saturated heterocycles. The van der Waals surface area contributed by atoms with E-state index in [0.717, 1.165) is 49.8 Å². The van der Waals surface area contributed by atoms with E-state index in [1.54, 1.807) is 0 Å². The first kappa shape index (κ1) is 18.7. The van der Waals surface area contributed by atoms with Gasteiger partial charge in [-0.15, -0.1) is 0 Å². The van der Waals surface area contributed by atoms with Crippen LogP contribution in [0.25, 0.3) is 0 Å². The highest BCUT2D eigenvalue weighted by molar-refractivity contribution is 7.99. The summed E-state index contributed by atoms with van der Waals surface area (Å²) in [5, 5.41) is 3.14. The lowest BCUT2D eigenvalue weighted by Gasteiger charge is -2.43. The van der Waals surface area contributed by atoms with Crippen LogP contribution in [-0.4, -0.2) is 66.8 Å². The van der Waals surface area contributed by atoms with Crippen molar-refractivity contribution >= 4 is 17.7 Å². The fourth-order valence-corrected chi connectivity index (χ4v) is 4.88. The molecule has 0 saturated carbocycles. The van der Waals surface area contributed by atoms with Gasteiger partial charge in [-0.05, 0) is 24.7 Å². The first-order chi connectivity index (χ1) is 12.2. The van der Waals surface area contributed by atoms with Crippen LogP contribution >= 0.6 is 11.8 Å². The topological polar surface area (TPSA) is 50.8 Å². The van der Waals surface area contributed by atoms with Crippen LogP contribution in [0.1, 0.15) is 18.9 Å². The van der Waals surface area contributed by atoms with E-state index in [1.165, 1.54) is 0 Å². The number of nitrogens with zero attached hydrogens (tertiary/aromatic N) is 1. The smallest absolute Gasteiger partial charge is 0.248 e. The molecule has 2 heterocycles. The molecule has 1 aromatic carbocycles. The Bertz CT molecular complexity index is 543. The van der Waals surface area contributed by atoms with Gasteiger partial charge in [-0.3, -0.25) is 9.69 Å². The maximum absolute atomic E-state index is 12.5. The van der Waals surface area contributed by atoms with Gasteiger partial charge in [0.05, 0.1) is 19.8 Å². The number of hydrogen-bond donors (Lipinski definition) is 1. The SMILES string of the molecule is C[C@@H](OCc1ccccc1)C(=O)NC[C@]1(N2CCOCC2)CCSC1. The molecule has 0 aliphatic carbocycles. The number of amides is 1. The van der Waals surface area contributed by atoms with E-state index in [1.807, 2.05) is 49.0 Å². The van der Waals surface area contributed by atoms with Gasteiger partial charge in [0, 0.05) is 30.9 Å². The molecular formula is C19H28N2O3S. The fraction of sp³-hybridized carbons (Fsp3) is 0.632. The highest BCUT2D eigenvalue weighted by atomic mass is 32.2. The van der Waals surface area contributed by atoms with Crippen molar-refractivity contribution in [3.8, 4) is 0 Å². The monoisotopic (exact) mass is 364 g/mol. The molecule has 0 aromatic heterocycles. The third kappa shape index (κ3) is 4.97. The van der Waals surface area contributed by atoms with Gasteiger partial charge >= 0.3 is 0 Å².